The maximum Gasteiger partial charge on any atom is 0.343 e. The van der Waals surface area contributed by atoms with Gasteiger partial charge in [0, 0.05) is 27.7 Å². The molecule has 1 amide bonds. The third-order valence-corrected chi connectivity index (χ3v) is 7.83. The SMILES string of the molecule is CC(C)(C)c1cc(-c2ccccc2)c(N(C=O)B(c2c(F)c(F)c(F)c(F)c2F)c2c(F)c(F)c(F)c(F)c2F)c(-c2ccccc2)c1. The Morgan fingerprint density at radius 1 is 0.521 bits per heavy atom. The van der Waals surface area contributed by atoms with Crippen molar-refractivity contribution in [2.24, 2.45) is 0 Å². The Hall–Kier alpha value is -5.07. The number of hydrogen-bond donors (Lipinski definition) is 0. The molecule has 0 bridgehead atoms. The second-order valence-corrected chi connectivity index (χ2v) is 11.8. The fourth-order valence-corrected chi connectivity index (χ4v) is 5.41. The average Bonchev–Trinajstić information content (AvgIpc) is 3.08. The van der Waals surface area contributed by atoms with Crippen LogP contribution in [0, 0.1) is 58.2 Å². The zero-order chi connectivity index (χ0) is 35.2. The minimum atomic E-state index is -3.14. The number of nitrogens with zero attached hydrogens (tertiary/aromatic N) is 1. The molecule has 0 heterocycles. The second kappa shape index (κ2) is 12.9. The lowest BCUT2D eigenvalue weighted by atomic mass is 9.48. The van der Waals surface area contributed by atoms with Gasteiger partial charge in [-0.2, -0.15) is 0 Å². The molecule has 2 nitrogen and oxygen atoms in total. The summed E-state index contributed by atoms with van der Waals surface area (Å²) in [6.45, 7) is 2.35. The molecule has 0 saturated heterocycles. The third kappa shape index (κ3) is 5.71. The number of halogens is 10. The van der Waals surface area contributed by atoms with E-state index in [2.05, 4.69) is 0 Å². The van der Waals surface area contributed by atoms with Gasteiger partial charge in [0.05, 0.1) is 0 Å². The first-order valence-corrected chi connectivity index (χ1v) is 14.2. The summed E-state index contributed by atoms with van der Waals surface area (Å²) in [6.07, 6.45) is -0.244. The summed E-state index contributed by atoms with van der Waals surface area (Å²) in [5.41, 5.74) is -3.82. The summed E-state index contributed by atoms with van der Waals surface area (Å²) in [6, 6.07) is 18.7. The van der Waals surface area contributed by atoms with Gasteiger partial charge in [-0.1, -0.05) is 81.4 Å². The van der Waals surface area contributed by atoms with Crippen LogP contribution in [0.25, 0.3) is 22.3 Å². The van der Waals surface area contributed by atoms with Gasteiger partial charge in [-0.3, -0.25) is 4.79 Å². The van der Waals surface area contributed by atoms with Gasteiger partial charge in [0.2, 0.25) is 6.41 Å². The molecule has 0 aliphatic heterocycles. The van der Waals surface area contributed by atoms with E-state index < -0.39 is 87.0 Å². The normalized spacial score (nSPS) is 11.5. The summed E-state index contributed by atoms with van der Waals surface area (Å²) in [5.74, 6) is -26.3. The molecule has 0 aliphatic carbocycles. The first kappa shape index (κ1) is 34.3. The highest BCUT2D eigenvalue weighted by atomic mass is 19.2. The molecule has 13 heteroatoms. The Labute approximate surface area is 268 Å². The molecule has 0 radical (unpaired) electrons. The number of anilines is 1. The number of benzene rings is 5. The van der Waals surface area contributed by atoms with Crippen LogP contribution in [0.1, 0.15) is 26.3 Å². The monoisotopic (exact) mass is 673 g/mol. The molecule has 0 atom stereocenters. The maximum absolute atomic E-state index is 15.6. The molecule has 5 aromatic rings. The van der Waals surface area contributed by atoms with Crippen molar-refractivity contribution in [2.45, 2.75) is 26.2 Å². The van der Waals surface area contributed by atoms with Crippen LogP contribution in [0.4, 0.5) is 49.6 Å². The van der Waals surface area contributed by atoms with Crippen LogP contribution in [0.5, 0.6) is 0 Å². The highest BCUT2D eigenvalue weighted by molar-refractivity contribution is 6.90. The summed E-state index contributed by atoms with van der Waals surface area (Å²) < 4.78 is 150. The van der Waals surface area contributed by atoms with Gasteiger partial charge in [0.1, 0.15) is 0 Å². The van der Waals surface area contributed by atoms with E-state index in [0.717, 1.165) is 0 Å². The summed E-state index contributed by atoms with van der Waals surface area (Å²) >= 11 is 0. The number of carbonyl (C=O) groups excluding carboxylic acids is 1. The molecular formula is C35H22BF10NO. The molecule has 0 aliphatic rings. The quantitative estimate of drug-likeness (QED) is 0.0559. The molecule has 0 fully saturated rings. The van der Waals surface area contributed by atoms with Crippen LogP contribution in [-0.4, -0.2) is 13.3 Å². The first-order chi connectivity index (χ1) is 22.6. The van der Waals surface area contributed by atoms with Gasteiger partial charge < -0.3 is 4.81 Å². The lowest BCUT2D eigenvalue weighted by molar-refractivity contribution is -0.106. The zero-order valence-electron chi connectivity index (χ0n) is 25.2. The summed E-state index contributed by atoms with van der Waals surface area (Å²) in [5, 5.41) is 0. The van der Waals surface area contributed by atoms with E-state index in [1.165, 1.54) is 36.4 Å². The van der Waals surface area contributed by atoms with Crippen LogP contribution in [0.2, 0.25) is 0 Å². The fourth-order valence-electron chi connectivity index (χ4n) is 5.41. The molecule has 0 unspecified atom stereocenters. The predicted molar refractivity (Wildman–Crippen MR) is 162 cm³/mol. The molecule has 0 N–H and O–H groups in total. The van der Waals surface area contributed by atoms with Crippen LogP contribution in [0.3, 0.4) is 0 Å². The number of rotatable bonds is 7. The predicted octanol–water partition coefficient (Wildman–Crippen LogP) is 8.48. The lowest BCUT2D eigenvalue weighted by Gasteiger charge is -2.33. The van der Waals surface area contributed by atoms with E-state index in [-0.39, 0.29) is 22.3 Å². The van der Waals surface area contributed by atoms with E-state index in [4.69, 9.17) is 0 Å². The topological polar surface area (TPSA) is 20.3 Å². The van der Waals surface area contributed by atoms with Crippen molar-refractivity contribution in [1.29, 1.82) is 0 Å². The van der Waals surface area contributed by atoms with Crippen LogP contribution in [0.15, 0.2) is 72.8 Å². The maximum atomic E-state index is 15.6. The molecular weight excluding hydrogens is 651 g/mol. The summed E-state index contributed by atoms with van der Waals surface area (Å²) in [7, 11) is 0. The van der Waals surface area contributed by atoms with E-state index in [9.17, 15) is 31.1 Å². The Bertz CT molecular complexity index is 1860. The zero-order valence-corrected chi connectivity index (χ0v) is 25.2. The third-order valence-electron chi connectivity index (χ3n) is 7.83. The van der Waals surface area contributed by atoms with Crippen molar-refractivity contribution in [3.05, 3.63) is 137 Å². The number of amides is 1. The van der Waals surface area contributed by atoms with Gasteiger partial charge in [0.15, 0.2) is 58.2 Å². The molecule has 0 aromatic heterocycles. The standard InChI is InChI=1S/C35H22BF10NO/c1-35(2,3)19-14-20(17-10-6-4-7-11-17)34(21(15-19)18-12-8-5-9-13-18)47(16-48)36(22-24(37)28(41)32(45)29(42)25(22)38)23-26(39)30(43)33(46)31(44)27(23)40/h4-16H,1-3H3. The van der Waals surface area contributed by atoms with Crippen LogP contribution in [-0.2, 0) is 10.2 Å². The smallest absolute Gasteiger partial charge is 0.343 e. The highest BCUT2D eigenvalue weighted by Gasteiger charge is 2.45. The van der Waals surface area contributed by atoms with E-state index in [1.54, 1.807) is 36.4 Å². The van der Waals surface area contributed by atoms with Gasteiger partial charge in [-0.25, -0.2) is 43.9 Å². The van der Waals surface area contributed by atoms with Gasteiger partial charge >= 0.3 is 6.85 Å². The molecule has 48 heavy (non-hydrogen) atoms. The van der Waals surface area contributed by atoms with Crippen molar-refractivity contribution in [3.63, 3.8) is 0 Å². The van der Waals surface area contributed by atoms with Crippen molar-refractivity contribution >= 4 is 29.9 Å². The van der Waals surface area contributed by atoms with Crippen molar-refractivity contribution in [3.8, 4) is 22.3 Å². The van der Waals surface area contributed by atoms with Gasteiger partial charge in [-0.15, -0.1) is 0 Å². The minimum absolute atomic E-state index is 0.0479. The molecule has 0 spiro atoms. The number of carbonyl (C=O) groups is 1. The van der Waals surface area contributed by atoms with E-state index >= 15 is 17.6 Å². The summed E-state index contributed by atoms with van der Waals surface area (Å²) in [4.78, 5) is 13.4. The lowest BCUT2D eigenvalue weighted by Crippen LogP contribution is -2.61. The van der Waals surface area contributed by atoms with Crippen molar-refractivity contribution in [2.75, 3.05) is 4.81 Å². The Morgan fingerprint density at radius 3 is 1.12 bits per heavy atom. The average molecular weight is 673 g/mol. The fraction of sp³-hybridized carbons (Fsp3) is 0.114. The largest absolute Gasteiger partial charge is 0.349 e. The van der Waals surface area contributed by atoms with Gasteiger partial charge in [0.25, 0.3) is 0 Å². The second-order valence-electron chi connectivity index (χ2n) is 11.8. The van der Waals surface area contributed by atoms with E-state index in [1.807, 2.05) is 20.8 Å². The van der Waals surface area contributed by atoms with Crippen molar-refractivity contribution in [1.82, 2.24) is 0 Å². The molecule has 5 aromatic carbocycles. The Balaban J connectivity index is 2.04. The van der Waals surface area contributed by atoms with Crippen LogP contribution >= 0.6 is 0 Å². The minimum Gasteiger partial charge on any atom is -0.349 e. The van der Waals surface area contributed by atoms with E-state index in [0.29, 0.717) is 16.7 Å². The van der Waals surface area contributed by atoms with Gasteiger partial charge in [-0.05, 0) is 34.2 Å². The highest BCUT2D eigenvalue weighted by Crippen LogP contribution is 2.43. The molecule has 246 valence electrons. The van der Waals surface area contributed by atoms with Crippen LogP contribution < -0.4 is 15.7 Å². The molecule has 5 rings (SSSR count). The van der Waals surface area contributed by atoms with Crippen molar-refractivity contribution < 1.29 is 48.7 Å². The Kier molecular flexibility index (Phi) is 9.18. The Morgan fingerprint density at radius 2 is 0.833 bits per heavy atom. The molecule has 0 saturated carbocycles. The first-order valence-electron chi connectivity index (χ1n) is 14.2. The number of hydrogen-bond acceptors (Lipinski definition) is 1.